The molecule has 0 radical (unpaired) electrons. The quantitative estimate of drug-likeness (QED) is 0.668. The maximum atomic E-state index is 6.09. The Hall–Kier alpha value is -1.98. The Bertz CT molecular complexity index is 786. The van der Waals surface area contributed by atoms with Crippen molar-refractivity contribution in [1.82, 2.24) is 14.8 Å². The second-order valence-corrected chi connectivity index (χ2v) is 5.76. The van der Waals surface area contributed by atoms with Gasteiger partial charge in [-0.05, 0) is 42.7 Å². The van der Waals surface area contributed by atoms with Crippen LogP contribution in [0.25, 0.3) is 17.1 Å². The number of hydrogen-bond acceptors (Lipinski definition) is 4. The average molecular weight is 332 g/mol. The fraction of sp³-hybridized carbons (Fsp3) is 0.125. The van der Waals surface area contributed by atoms with Crippen molar-refractivity contribution in [1.29, 1.82) is 0 Å². The van der Waals surface area contributed by atoms with Crippen LogP contribution in [0.5, 0.6) is 5.75 Å². The van der Waals surface area contributed by atoms with Gasteiger partial charge in [-0.2, -0.15) is 0 Å². The first kappa shape index (κ1) is 14.9. The first-order valence-corrected chi connectivity index (χ1v) is 8.23. The Morgan fingerprint density at radius 2 is 1.86 bits per heavy atom. The van der Waals surface area contributed by atoms with Gasteiger partial charge in [-0.3, -0.25) is 4.57 Å². The lowest BCUT2D eigenvalue weighted by atomic mass is 10.2. The summed E-state index contributed by atoms with van der Waals surface area (Å²) in [5.41, 5.74) is 1.90. The molecule has 0 aliphatic carbocycles. The summed E-state index contributed by atoms with van der Waals surface area (Å²) >= 11 is 7.64. The molecule has 112 valence electrons. The number of halogens is 1. The van der Waals surface area contributed by atoms with E-state index < -0.39 is 0 Å². The number of rotatable bonds is 4. The lowest BCUT2D eigenvalue weighted by molar-refractivity contribution is 0.414. The van der Waals surface area contributed by atoms with Crippen LogP contribution in [0.3, 0.4) is 0 Å². The van der Waals surface area contributed by atoms with Crippen molar-refractivity contribution in [2.45, 2.75) is 5.16 Å². The molecule has 3 rings (SSSR count). The number of methoxy groups -OCH3 is 1. The molecule has 6 heteroatoms. The zero-order valence-corrected chi connectivity index (χ0v) is 13.7. The van der Waals surface area contributed by atoms with Crippen LogP contribution in [0.4, 0.5) is 0 Å². The third-order valence-electron chi connectivity index (χ3n) is 3.23. The molecule has 0 saturated carbocycles. The summed E-state index contributed by atoms with van der Waals surface area (Å²) in [6, 6.07) is 15.4. The van der Waals surface area contributed by atoms with Gasteiger partial charge in [0.05, 0.1) is 7.11 Å². The van der Waals surface area contributed by atoms with E-state index in [0.29, 0.717) is 5.02 Å². The van der Waals surface area contributed by atoms with Crippen LogP contribution in [-0.4, -0.2) is 28.1 Å². The zero-order chi connectivity index (χ0) is 15.5. The van der Waals surface area contributed by atoms with E-state index in [4.69, 9.17) is 16.3 Å². The number of aromatic nitrogens is 3. The van der Waals surface area contributed by atoms with Gasteiger partial charge < -0.3 is 4.74 Å². The van der Waals surface area contributed by atoms with Crippen molar-refractivity contribution in [2.24, 2.45) is 0 Å². The molecule has 2 aromatic carbocycles. The van der Waals surface area contributed by atoms with Crippen LogP contribution in [0.2, 0.25) is 5.02 Å². The summed E-state index contributed by atoms with van der Waals surface area (Å²) in [6.45, 7) is 0. The fourth-order valence-electron chi connectivity index (χ4n) is 2.18. The lowest BCUT2D eigenvalue weighted by Gasteiger charge is -2.10. The highest BCUT2D eigenvalue weighted by Gasteiger charge is 2.15. The Kier molecular flexibility index (Phi) is 4.36. The first-order chi connectivity index (χ1) is 10.7. The second kappa shape index (κ2) is 6.42. The highest BCUT2D eigenvalue weighted by Crippen LogP contribution is 2.29. The van der Waals surface area contributed by atoms with E-state index in [0.717, 1.165) is 28.0 Å². The van der Waals surface area contributed by atoms with Crippen LogP contribution < -0.4 is 4.74 Å². The third-order valence-corrected chi connectivity index (χ3v) is 4.09. The van der Waals surface area contributed by atoms with Gasteiger partial charge in [-0.15, -0.1) is 10.2 Å². The Morgan fingerprint density at radius 3 is 2.50 bits per heavy atom. The van der Waals surface area contributed by atoms with Crippen LogP contribution in [0.1, 0.15) is 0 Å². The van der Waals surface area contributed by atoms with Gasteiger partial charge >= 0.3 is 0 Å². The molecule has 0 amide bonds. The standard InChI is InChI=1S/C16H14ClN3OS/c1-21-14-8-6-13(7-9-14)20-15(18-19-16(20)22-2)11-4-3-5-12(17)10-11/h3-10H,1-2H3. The van der Waals surface area contributed by atoms with Gasteiger partial charge in [0.25, 0.3) is 0 Å². The van der Waals surface area contributed by atoms with Gasteiger partial charge in [0.1, 0.15) is 5.75 Å². The van der Waals surface area contributed by atoms with E-state index >= 15 is 0 Å². The molecule has 1 aromatic heterocycles. The average Bonchev–Trinajstić information content (AvgIpc) is 2.99. The number of benzene rings is 2. The molecule has 0 bridgehead atoms. The Morgan fingerprint density at radius 1 is 1.09 bits per heavy atom. The van der Waals surface area contributed by atoms with Crippen molar-refractivity contribution in [3.8, 4) is 22.8 Å². The van der Waals surface area contributed by atoms with Crippen molar-refractivity contribution < 1.29 is 4.74 Å². The predicted octanol–water partition coefficient (Wildman–Crippen LogP) is 4.32. The molecule has 22 heavy (non-hydrogen) atoms. The molecule has 0 aliphatic heterocycles. The van der Waals surface area contributed by atoms with Crippen molar-refractivity contribution in [3.63, 3.8) is 0 Å². The van der Waals surface area contributed by atoms with Crippen molar-refractivity contribution in [2.75, 3.05) is 13.4 Å². The monoisotopic (exact) mass is 331 g/mol. The molecular weight excluding hydrogens is 318 g/mol. The van der Waals surface area contributed by atoms with E-state index in [2.05, 4.69) is 10.2 Å². The number of nitrogens with zero attached hydrogens (tertiary/aromatic N) is 3. The molecule has 0 saturated heterocycles. The predicted molar refractivity (Wildman–Crippen MR) is 90.1 cm³/mol. The summed E-state index contributed by atoms with van der Waals surface area (Å²) < 4.78 is 7.22. The molecule has 4 nitrogen and oxygen atoms in total. The van der Waals surface area contributed by atoms with Gasteiger partial charge in [0, 0.05) is 16.3 Å². The van der Waals surface area contributed by atoms with Gasteiger partial charge in [0.2, 0.25) is 0 Å². The number of thioether (sulfide) groups is 1. The van der Waals surface area contributed by atoms with Gasteiger partial charge in [-0.25, -0.2) is 0 Å². The Balaban J connectivity index is 2.14. The van der Waals surface area contributed by atoms with Crippen LogP contribution in [-0.2, 0) is 0 Å². The molecule has 0 fully saturated rings. The summed E-state index contributed by atoms with van der Waals surface area (Å²) in [6.07, 6.45) is 1.98. The smallest absolute Gasteiger partial charge is 0.195 e. The van der Waals surface area contributed by atoms with E-state index in [1.54, 1.807) is 18.9 Å². The second-order valence-electron chi connectivity index (χ2n) is 4.55. The van der Waals surface area contributed by atoms with E-state index in [1.165, 1.54) is 0 Å². The van der Waals surface area contributed by atoms with Crippen LogP contribution in [0, 0.1) is 0 Å². The SMILES string of the molecule is COc1ccc(-n2c(SC)nnc2-c2cccc(Cl)c2)cc1. The minimum atomic E-state index is 0.674. The van der Waals surface area contributed by atoms with E-state index in [-0.39, 0.29) is 0 Å². The third kappa shape index (κ3) is 2.82. The largest absolute Gasteiger partial charge is 0.497 e. The Labute approximate surface area is 138 Å². The summed E-state index contributed by atoms with van der Waals surface area (Å²) in [5.74, 6) is 1.57. The fourth-order valence-corrected chi connectivity index (χ4v) is 2.87. The molecule has 0 aliphatic rings. The maximum Gasteiger partial charge on any atom is 0.195 e. The van der Waals surface area contributed by atoms with Crippen LogP contribution >= 0.6 is 23.4 Å². The molecule has 3 aromatic rings. The summed E-state index contributed by atoms with van der Waals surface area (Å²) in [5, 5.41) is 10.1. The minimum Gasteiger partial charge on any atom is -0.497 e. The molecular formula is C16H14ClN3OS. The molecule has 0 atom stereocenters. The van der Waals surface area contributed by atoms with E-state index in [1.807, 2.05) is 59.4 Å². The molecule has 0 unspecified atom stereocenters. The normalized spacial score (nSPS) is 10.7. The zero-order valence-electron chi connectivity index (χ0n) is 12.2. The molecule has 1 heterocycles. The number of hydrogen-bond donors (Lipinski definition) is 0. The maximum absolute atomic E-state index is 6.09. The minimum absolute atomic E-state index is 0.674. The highest BCUT2D eigenvalue weighted by molar-refractivity contribution is 7.98. The molecule has 0 spiro atoms. The number of ether oxygens (including phenoxy) is 1. The van der Waals surface area contributed by atoms with Crippen molar-refractivity contribution >= 4 is 23.4 Å². The van der Waals surface area contributed by atoms with Crippen molar-refractivity contribution in [3.05, 3.63) is 53.6 Å². The van der Waals surface area contributed by atoms with Gasteiger partial charge in [-0.1, -0.05) is 35.5 Å². The van der Waals surface area contributed by atoms with Crippen LogP contribution in [0.15, 0.2) is 53.7 Å². The van der Waals surface area contributed by atoms with E-state index in [9.17, 15) is 0 Å². The highest BCUT2D eigenvalue weighted by atomic mass is 35.5. The summed E-state index contributed by atoms with van der Waals surface area (Å²) in [7, 11) is 1.65. The topological polar surface area (TPSA) is 39.9 Å². The first-order valence-electron chi connectivity index (χ1n) is 6.62. The molecule has 0 N–H and O–H groups in total. The van der Waals surface area contributed by atoms with Gasteiger partial charge in [0.15, 0.2) is 11.0 Å². The summed E-state index contributed by atoms with van der Waals surface area (Å²) in [4.78, 5) is 0. The lowest BCUT2D eigenvalue weighted by Crippen LogP contribution is -1.99.